The van der Waals surface area contributed by atoms with Crippen molar-refractivity contribution in [1.29, 1.82) is 0 Å². The summed E-state index contributed by atoms with van der Waals surface area (Å²) in [6.07, 6.45) is 2.55. The normalized spacial score (nSPS) is 9.91. The first-order valence-corrected chi connectivity index (χ1v) is 3.41. The van der Waals surface area contributed by atoms with Crippen molar-refractivity contribution in [3.63, 3.8) is 0 Å². The fourth-order valence-electron chi connectivity index (χ4n) is 0.927. The monoisotopic (exact) mass is 153 g/mol. The average molecular weight is 153 g/mol. The molecule has 0 aliphatic carbocycles. The minimum absolute atomic E-state index is 0.349. The molecule has 1 heterocycles. The lowest BCUT2D eigenvalue weighted by Crippen LogP contribution is -2.20. The molecule has 60 valence electrons. The Labute approximate surface area is 64.8 Å². The summed E-state index contributed by atoms with van der Waals surface area (Å²) in [7, 11) is 0. The molecule has 0 saturated heterocycles. The Morgan fingerprint density at radius 3 is 2.64 bits per heavy atom. The van der Waals surface area contributed by atoms with Gasteiger partial charge < -0.3 is 11.6 Å². The molecule has 0 spiro atoms. The van der Waals surface area contributed by atoms with E-state index in [9.17, 15) is 4.79 Å². The molecule has 0 atom stereocenters. The standard InChI is InChI=1S/C7H11N3O/c1-2-5-3-6(7(8)11)10(9)4-5/h3-4H,2,9H2,1H3,(H2,8,11). The molecule has 0 aliphatic rings. The van der Waals surface area contributed by atoms with E-state index in [1.807, 2.05) is 6.92 Å². The summed E-state index contributed by atoms with van der Waals surface area (Å²) >= 11 is 0. The van der Waals surface area contributed by atoms with Crippen molar-refractivity contribution in [2.45, 2.75) is 13.3 Å². The van der Waals surface area contributed by atoms with Crippen LogP contribution in [0.5, 0.6) is 0 Å². The Hall–Kier alpha value is -1.45. The van der Waals surface area contributed by atoms with E-state index in [4.69, 9.17) is 11.6 Å². The first-order chi connectivity index (χ1) is 5.15. The molecule has 0 unspecified atom stereocenters. The Balaban J connectivity index is 3.07. The van der Waals surface area contributed by atoms with Gasteiger partial charge in [-0.2, -0.15) is 0 Å². The van der Waals surface area contributed by atoms with Crippen molar-refractivity contribution >= 4 is 5.91 Å². The Kier molecular flexibility index (Phi) is 1.85. The van der Waals surface area contributed by atoms with Crippen LogP contribution in [0, 0.1) is 0 Å². The molecule has 0 fully saturated rings. The van der Waals surface area contributed by atoms with Gasteiger partial charge in [0.2, 0.25) is 0 Å². The van der Waals surface area contributed by atoms with Gasteiger partial charge in [0.15, 0.2) is 0 Å². The lowest BCUT2D eigenvalue weighted by molar-refractivity contribution is 0.0993. The third-order valence-electron chi connectivity index (χ3n) is 1.57. The maximum Gasteiger partial charge on any atom is 0.267 e. The molecule has 0 aromatic carbocycles. The summed E-state index contributed by atoms with van der Waals surface area (Å²) in [5.41, 5.74) is 6.41. The smallest absolute Gasteiger partial charge is 0.267 e. The fourth-order valence-corrected chi connectivity index (χ4v) is 0.927. The number of primary amides is 1. The van der Waals surface area contributed by atoms with Crippen LogP contribution in [-0.2, 0) is 6.42 Å². The summed E-state index contributed by atoms with van der Waals surface area (Å²) in [6.45, 7) is 1.99. The van der Waals surface area contributed by atoms with Crippen molar-refractivity contribution in [2.75, 3.05) is 5.84 Å². The van der Waals surface area contributed by atoms with E-state index in [1.165, 1.54) is 4.68 Å². The van der Waals surface area contributed by atoms with E-state index >= 15 is 0 Å². The maximum atomic E-state index is 10.7. The van der Waals surface area contributed by atoms with Crippen LogP contribution >= 0.6 is 0 Å². The Morgan fingerprint density at radius 1 is 1.73 bits per heavy atom. The highest BCUT2D eigenvalue weighted by atomic mass is 16.1. The number of amides is 1. The van der Waals surface area contributed by atoms with Gasteiger partial charge in [0, 0.05) is 6.20 Å². The van der Waals surface area contributed by atoms with Gasteiger partial charge in [0.1, 0.15) is 5.69 Å². The van der Waals surface area contributed by atoms with E-state index < -0.39 is 5.91 Å². The van der Waals surface area contributed by atoms with Crippen LogP contribution in [-0.4, -0.2) is 10.6 Å². The topological polar surface area (TPSA) is 74.0 Å². The minimum Gasteiger partial charge on any atom is -0.364 e. The lowest BCUT2D eigenvalue weighted by Gasteiger charge is -1.94. The van der Waals surface area contributed by atoms with Crippen LogP contribution in [0.4, 0.5) is 0 Å². The van der Waals surface area contributed by atoms with Crippen LogP contribution in [0.3, 0.4) is 0 Å². The first-order valence-electron chi connectivity index (χ1n) is 3.41. The highest BCUT2D eigenvalue weighted by Gasteiger charge is 2.06. The van der Waals surface area contributed by atoms with E-state index in [2.05, 4.69) is 0 Å². The van der Waals surface area contributed by atoms with Crippen molar-refractivity contribution < 1.29 is 4.79 Å². The zero-order valence-electron chi connectivity index (χ0n) is 6.37. The first kappa shape index (κ1) is 7.65. The highest BCUT2D eigenvalue weighted by Crippen LogP contribution is 2.05. The molecule has 0 aliphatic heterocycles. The van der Waals surface area contributed by atoms with Crippen molar-refractivity contribution in [2.24, 2.45) is 5.73 Å². The van der Waals surface area contributed by atoms with Gasteiger partial charge in [-0.25, -0.2) is 0 Å². The van der Waals surface area contributed by atoms with E-state index in [0.717, 1.165) is 12.0 Å². The van der Waals surface area contributed by atoms with Crippen LogP contribution < -0.4 is 11.6 Å². The molecule has 1 rings (SSSR count). The summed E-state index contributed by atoms with van der Waals surface area (Å²) in [6, 6.07) is 1.70. The van der Waals surface area contributed by atoms with E-state index in [-0.39, 0.29) is 0 Å². The second-order valence-corrected chi connectivity index (χ2v) is 2.36. The van der Waals surface area contributed by atoms with Gasteiger partial charge in [-0.05, 0) is 18.1 Å². The molecule has 0 saturated carbocycles. The molecule has 0 bridgehead atoms. The quantitative estimate of drug-likeness (QED) is 0.580. The summed E-state index contributed by atoms with van der Waals surface area (Å²) in [5.74, 6) is 4.94. The Morgan fingerprint density at radius 2 is 2.36 bits per heavy atom. The van der Waals surface area contributed by atoms with Crippen LogP contribution in [0.1, 0.15) is 23.0 Å². The molecule has 1 aromatic heterocycles. The number of nitrogens with two attached hydrogens (primary N) is 2. The number of carbonyl (C=O) groups is 1. The van der Waals surface area contributed by atoms with Gasteiger partial charge in [0.25, 0.3) is 5.91 Å². The van der Waals surface area contributed by atoms with E-state index in [0.29, 0.717) is 5.69 Å². The number of nitrogens with zero attached hydrogens (tertiary/aromatic N) is 1. The van der Waals surface area contributed by atoms with Crippen molar-refractivity contribution in [1.82, 2.24) is 4.68 Å². The third-order valence-corrected chi connectivity index (χ3v) is 1.57. The molecule has 0 radical (unpaired) electrons. The molecular weight excluding hydrogens is 142 g/mol. The van der Waals surface area contributed by atoms with Gasteiger partial charge in [-0.3, -0.25) is 9.47 Å². The number of aromatic nitrogens is 1. The minimum atomic E-state index is -0.493. The zero-order valence-corrected chi connectivity index (χ0v) is 6.37. The third kappa shape index (κ3) is 1.34. The van der Waals surface area contributed by atoms with Crippen molar-refractivity contribution in [3.05, 3.63) is 23.5 Å². The van der Waals surface area contributed by atoms with Crippen molar-refractivity contribution in [3.8, 4) is 0 Å². The maximum absolute atomic E-state index is 10.7. The van der Waals surface area contributed by atoms with Gasteiger partial charge >= 0.3 is 0 Å². The number of hydrogen-bond donors (Lipinski definition) is 2. The van der Waals surface area contributed by atoms with Gasteiger partial charge in [0.05, 0.1) is 0 Å². The second kappa shape index (κ2) is 2.65. The number of nitrogen functional groups attached to an aromatic ring is 1. The molecule has 4 nitrogen and oxygen atoms in total. The molecule has 4 N–H and O–H groups in total. The van der Waals surface area contributed by atoms with Crippen LogP contribution in [0.25, 0.3) is 0 Å². The predicted octanol–water partition coefficient (Wildman–Crippen LogP) is -0.137. The number of hydrogen-bond acceptors (Lipinski definition) is 2. The zero-order chi connectivity index (χ0) is 8.43. The number of aryl methyl sites for hydroxylation is 1. The predicted molar refractivity (Wildman–Crippen MR) is 42.5 cm³/mol. The summed E-state index contributed by atoms with van der Waals surface area (Å²) in [5, 5.41) is 0. The number of carbonyl (C=O) groups excluding carboxylic acids is 1. The molecule has 11 heavy (non-hydrogen) atoms. The largest absolute Gasteiger partial charge is 0.364 e. The summed E-state index contributed by atoms with van der Waals surface area (Å²) in [4.78, 5) is 10.7. The molecular formula is C7H11N3O. The van der Waals surface area contributed by atoms with E-state index in [1.54, 1.807) is 12.3 Å². The van der Waals surface area contributed by atoms with Crippen LogP contribution in [0.15, 0.2) is 12.3 Å². The van der Waals surface area contributed by atoms with Crippen LogP contribution in [0.2, 0.25) is 0 Å². The van der Waals surface area contributed by atoms with Gasteiger partial charge in [-0.1, -0.05) is 6.92 Å². The molecule has 4 heteroatoms. The van der Waals surface area contributed by atoms with Gasteiger partial charge in [-0.15, -0.1) is 0 Å². The lowest BCUT2D eigenvalue weighted by atomic mass is 10.2. The Bertz CT molecular complexity index is 277. The summed E-state index contributed by atoms with van der Waals surface area (Å²) < 4.78 is 1.25. The molecule has 1 aromatic rings. The molecule has 1 amide bonds. The number of rotatable bonds is 2. The average Bonchev–Trinajstić information content (AvgIpc) is 2.30. The highest BCUT2D eigenvalue weighted by molar-refractivity contribution is 5.91. The second-order valence-electron chi connectivity index (χ2n) is 2.36. The fraction of sp³-hybridized carbons (Fsp3) is 0.286. The SMILES string of the molecule is CCc1cc(C(N)=O)n(N)c1.